The zero-order valence-corrected chi connectivity index (χ0v) is 8.61. The molecular formula is C10H20FNO. The first-order valence-electron chi connectivity index (χ1n) is 5.05. The number of hydrogen-bond acceptors (Lipinski definition) is 1. The Kier molecular flexibility index (Phi) is 5.67. The summed E-state index contributed by atoms with van der Waals surface area (Å²) in [6.45, 7) is 3.75. The van der Waals surface area contributed by atoms with Gasteiger partial charge in [0.2, 0.25) is 0 Å². The molecule has 0 aromatic carbocycles. The Morgan fingerprint density at radius 2 is 1.92 bits per heavy atom. The molecular weight excluding hydrogens is 169 g/mol. The fourth-order valence-electron chi connectivity index (χ4n) is 1.31. The minimum atomic E-state index is -1.77. The molecule has 1 atom stereocenters. The van der Waals surface area contributed by atoms with Crippen molar-refractivity contribution < 1.29 is 9.18 Å². The first kappa shape index (κ1) is 12.4. The smallest absolute Gasteiger partial charge is 0.255 e. The van der Waals surface area contributed by atoms with E-state index in [1.807, 2.05) is 0 Å². The molecule has 1 amide bonds. The quantitative estimate of drug-likeness (QED) is 0.614. The molecule has 0 heterocycles. The normalized spacial score (nSPS) is 15.3. The van der Waals surface area contributed by atoms with Crippen LogP contribution in [0.25, 0.3) is 0 Å². The fourth-order valence-corrected chi connectivity index (χ4v) is 1.31. The predicted octanol–water partition coefficient (Wildman–Crippen LogP) is 2.56. The van der Waals surface area contributed by atoms with Gasteiger partial charge in [-0.05, 0) is 19.3 Å². The molecule has 0 aromatic heterocycles. The van der Waals surface area contributed by atoms with Crippen molar-refractivity contribution >= 4 is 5.91 Å². The van der Waals surface area contributed by atoms with Gasteiger partial charge in [-0.1, -0.05) is 33.1 Å². The average Bonchev–Trinajstić information content (AvgIpc) is 2.12. The van der Waals surface area contributed by atoms with E-state index in [1.165, 1.54) is 0 Å². The summed E-state index contributed by atoms with van der Waals surface area (Å²) in [5, 5.41) is 0. The van der Waals surface area contributed by atoms with Gasteiger partial charge >= 0.3 is 0 Å². The molecule has 1 unspecified atom stereocenters. The number of halogens is 1. The molecule has 2 N–H and O–H groups in total. The lowest BCUT2D eigenvalue weighted by Gasteiger charge is -2.19. The van der Waals surface area contributed by atoms with E-state index >= 15 is 0 Å². The van der Waals surface area contributed by atoms with Gasteiger partial charge in [0.25, 0.3) is 5.91 Å². The van der Waals surface area contributed by atoms with Crippen LogP contribution in [0.2, 0.25) is 0 Å². The van der Waals surface area contributed by atoms with E-state index in [2.05, 4.69) is 6.92 Å². The Bertz CT molecular complexity index is 161. The van der Waals surface area contributed by atoms with Gasteiger partial charge < -0.3 is 5.73 Å². The largest absolute Gasteiger partial charge is 0.367 e. The Balaban J connectivity index is 3.78. The van der Waals surface area contributed by atoms with Crippen LogP contribution in [-0.2, 0) is 4.79 Å². The second-order valence-electron chi connectivity index (χ2n) is 3.49. The van der Waals surface area contributed by atoms with Crippen LogP contribution in [0, 0.1) is 0 Å². The molecule has 0 aliphatic carbocycles. The Morgan fingerprint density at radius 1 is 1.31 bits per heavy atom. The molecule has 2 nitrogen and oxygen atoms in total. The Hall–Kier alpha value is -0.600. The topological polar surface area (TPSA) is 43.1 Å². The number of primary amides is 1. The van der Waals surface area contributed by atoms with Crippen LogP contribution >= 0.6 is 0 Å². The minimum Gasteiger partial charge on any atom is -0.367 e. The number of nitrogens with two attached hydrogens (primary N) is 1. The van der Waals surface area contributed by atoms with Gasteiger partial charge in [0.05, 0.1) is 0 Å². The van der Waals surface area contributed by atoms with E-state index in [0.717, 1.165) is 25.7 Å². The summed E-state index contributed by atoms with van der Waals surface area (Å²) in [4.78, 5) is 10.8. The number of amides is 1. The van der Waals surface area contributed by atoms with Gasteiger partial charge in [-0.2, -0.15) is 0 Å². The van der Waals surface area contributed by atoms with Crippen LogP contribution < -0.4 is 5.73 Å². The summed E-state index contributed by atoms with van der Waals surface area (Å²) >= 11 is 0. The molecule has 13 heavy (non-hydrogen) atoms. The Morgan fingerprint density at radius 3 is 2.31 bits per heavy atom. The molecule has 3 heteroatoms. The number of unbranched alkanes of at least 4 members (excludes halogenated alkanes) is 3. The third kappa shape index (κ3) is 4.25. The molecule has 0 aliphatic rings. The molecule has 0 spiro atoms. The summed E-state index contributed by atoms with van der Waals surface area (Å²) in [6.07, 6.45) is 4.41. The van der Waals surface area contributed by atoms with Crippen molar-refractivity contribution in [1.82, 2.24) is 0 Å². The van der Waals surface area contributed by atoms with Gasteiger partial charge in [0, 0.05) is 0 Å². The highest BCUT2D eigenvalue weighted by atomic mass is 19.1. The zero-order chi connectivity index (χ0) is 10.3. The fraction of sp³-hybridized carbons (Fsp3) is 0.900. The predicted molar refractivity (Wildman–Crippen MR) is 52.1 cm³/mol. The molecule has 0 aliphatic heterocycles. The van der Waals surface area contributed by atoms with E-state index in [4.69, 9.17) is 5.73 Å². The third-order valence-corrected chi connectivity index (χ3v) is 2.43. The van der Waals surface area contributed by atoms with Gasteiger partial charge in [-0.15, -0.1) is 0 Å². The van der Waals surface area contributed by atoms with Crippen molar-refractivity contribution in [2.45, 2.75) is 58.0 Å². The van der Waals surface area contributed by atoms with E-state index < -0.39 is 11.6 Å². The van der Waals surface area contributed by atoms with Crippen molar-refractivity contribution in [3.63, 3.8) is 0 Å². The van der Waals surface area contributed by atoms with Crippen LogP contribution in [0.1, 0.15) is 52.4 Å². The number of hydrogen-bond donors (Lipinski definition) is 1. The highest BCUT2D eigenvalue weighted by Gasteiger charge is 2.33. The van der Waals surface area contributed by atoms with Gasteiger partial charge in [0.15, 0.2) is 5.67 Å². The Labute approximate surface area is 79.7 Å². The van der Waals surface area contributed by atoms with Gasteiger partial charge in [-0.25, -0.2) is 4.39 Å². The second-order valence-corrected chi connectivity index (χ2v) is 3.49. The molecule has 78 valence electrons. The van der Waals surface area contributed by atoms with Crippen LogP contribution in [0.15, 0.2) is 0 Å². The first-order valence-corrected chi connectivity index (χ1v) is 5.05. The highest BCUT2D eigenvalue weighted by molar-refractivity contribution is 5.83. The number of carbonyl (C=O) groups excluding carboxylic acids is 1. The zero-order valence-electron chi connectivity index (χ0n) is 8.61. The van der Waals surface area contributed by atoms with E-state index in [0.29, 0.717) is 0 Å². The van der Waals surface area contributed by atoms with Crippen LogP contribution in [0.5, 0.6) is 0 Å². The summed E-state index contributed by atoms with van der Waals surface area (Å²) in [5.74, 6) is -0.813. The lowest BCUT2D eigenvalue weighted by molar-refractivity contribution is -0.130. The maximum absolute atomic E-state index is 13.6. The second kappa shape index (κ2) is 5.95. The highest BCUT2D eigenvalue weighted by Crippen LogP contribution is 2.23. The number of alkyl halides is 1. The van der Waals surface area contributed by atoms with Crippen molar-refractivity contribution in [3.05, 3.63) is 0 Å². The molecule has 0 saturated carbocycles. The van der Waals surface area contributed by atoms with Crippen LogP contribution in [0.4, 0.5) is 4.39 Å². The standard InChI is InChI=1S/C10H20FNO/c1-3-5-6-7-8-10(11,4-2)9(12)13/h3-8H2,1-2H3,(H2,12,13). The number of carbonyl (C=O) groups is 1. The lowest BCUT2D eigenvalue weighted by atomic mass is 9.94. The molecule has 0 aromatic rings. The maximum atomic E-state index is 13.6. The van der Waals surface area contributed by atoms with Crippen molar-refractivity contribution in [2.75, 3.05) is 0 Å². The molecule has 0 bridgehead atoms. The van der Waals surface area contributed by atoms with Crippen molar-refractivity contribution in [1.29, 1.82) is 0 Å². The van der Waals surface area contributed by atoms with Gasteiger partial charge in [-0.3, -0.25) is 4.79 Å². The monoisotopic (exact) mass is 189 g/mol. The maximum Gasteiger partial charge on any atom is 0.255 e. The minimum absolute atomic E-state index is 0.189. The van der Waals surface area contributed by atoms with Crippen LogP contribution in [0.3, 0.4) is 0 Å². The first-order chi connectivity index (χ1) is 6.06. The summed E-state index contributed by atoms with van der Waals surface area (Å²) < 4.78 is 13.6. The van der Waals surface area contributed by atoms with E-state index in [-0.39, 0.29) is 12.8 Å². The van der Waals surface area contributed by atoms with E-state index in [1.54, 1.807) is 6.92 Å². The van der Waals surface area contributed by atoms with Crippen molar-refractivity contribution in [2.24, 2.45) is 5.73 Å². The SMILES string of the molecule is CCCCCCC(F)(CC)C(N)=O. The number of rotatable bonds is 7. The lowest BCUT2D eigenvalue weighted by Crippen LogP contribution is -2.39. The summed E-state index contributed by atoms with van der Waals surface area (Å²) in [5.41, 5.74) is 3.21. The molecule has 0 rings (SSSR count). The molecule has 0 radical (unpaired) electrons. The summed E-state index contributed by atoms with van der Waals surface area (Å²) in [7, 11) is 0. The average molecular weight is 189 g/mol. The van der Waals surface area contributed by atoms with Crippen molar-refractivity contribution in [3.8, 4) is 0 Å². The third-order valence-electron chi connectivity index (χ3n) is 2.43. The molecule has 0 saturated heterocycles. The molecule has 0 fully saturated rings. The van der Waals surface area contributed by atoms with Gasteiger partial charge in [0.1, 0.15) is 0 Å². The van der Waals surface area contributed by atoms with Crippen LogP contribution in [-0.4, -0.2) is 11.6 Å². The van der Waals surface area contributed by atoms with E-state index in [9.17, 15) is 9.18 Å². The summed E-state index contributed by atoms with van der Waals surface area (Å²) in [6, 6.07) is 0.